The number of alkyl halides is 1. The second-order valence-corrected chi connectivity index (χ2v) is 5.79. The van der Waals surface area contributed by atoms with E-state index in [4.69, 9.17) is 9.47 Å². The number of nitro groups is 1. The number of halogens is 1. The lowest BCUT2D eigenvalue weighted by Crippen LogP contribution is -2.20. The fraction of sp³-hybridized carbons (Fsp3) is 0.643. The maximum atomic E-state index is 11.1. The Balaban J connectivity index is 2.09. The molecule has 0 spiro atoms. The average molecular weight is 359 g/mol. The van der Waals surface area contributed by atoms with Crippen molar-refractivity contribution < 1.29 is 14.4 Å². The maximum Gasteiger partial charge on any atom is 0.331 e. The van der Waals surface area contributed by atoms with E-state index in [0.29, 0.717) is 12.5 Å². The van der Waals surface area contributed by atoms with Crippen LogP contribution in [0.4, 0.5) is 5.69 Å². The molecule has 0 N–H and O–H groups in total. The maximum absolute atomic E-state index is 11.1. The first kappa shape index (κ1) is 16.0. The van der Waals surface area contributed by atoms with Crippen LogP contribution < -0.4 is 9.47 Å². The summed E-state index contributed by atoms with van der Waals surface area (Å²) in [5.74, 6) is 0.440. The van der Waals surface area contributed by atoms with E-state index >= 15 is 0 Å². The molecule has 1 fully saturated rings. The van der Waals surface area contributed by atoms with Gasteiger partial charge in [-0.1, -0.05) is 22.4 Å². The molecule has 1 aliphatic carbocycles. The Morgan fingerprint density at radius 3 is 2.76 bits per heavy atom. The highest BCUT2D eigenvalue weighted by atomic mass is 79.9. The molecule has 0 bridgehead atoms. The molecular formula is C14H19BrN2O4. The molecule has 7 heteroatoms. The molecule has 0 aromatic carbocycles. The predicted molar refractivity (Wildman–Crippen MR) is 82.3 cm³/mol. The number of pyridine rings is 1. The number of rotatable bonds is 7. The summed E-state index contributed by atoms with van der Waals surface area (Å²) in [5.41, 5.74) is -0.103. The third-order valence-electron chi connectivity index (χ3n) is 3.37. The minimum Gasteiger partial charge on any atom is -0.478 e. The van der Waals surface area contributed by atoms with Gasteiger partial charge in [-0.25, -0.2) is 0 Å². The van der Waals surface area contributed by atoms with E-state index in [1.54, 1.807) is 0 Å². The van der Waals surface area contributed by atoms with Crippen LogP contribution >= 0.6 is 15.9 Å². The minimum atomic E-state index is -0.465. The van der Waals surface area contributed by atoms with Crippen LogP contribution in [-0.4, -0.2) is 27.9 Å². The highest BCUT2D eigenvalue weighted by molar-refractivity contribution is 9.09. The zero-order valence-corrected chi connectivity index (χ0v) is 13.4. The molecule has 116 valence electrons. The smallest absolute Gasteiger partial charge is 0.331 e. The summed E-state index contributed by atoms with van der Waals surface area (Å²) in [6.07, 6.45) is 6.10. The molecule has 0 amide bonds. The van der Waals surface area contributed by atoms with Gasteiger partial charge in [-0.15, -0.1) is 0 Å². The van der Waals surface area contributed by atoms with Gasteiger partial charge in [0.05, 0.1) is 11.5 Å². The molecule has 1 saturated carbocycles. The number of hydrogen-bond donors (Lipinski definition) is 0. The third kappa shape index (κ3) is 4.84. The van der Waals surface area contributed by atoms with Crippen molar-refractivity contribution in [1.29, 1.82) is 0 Å². The second kappa shape index (κ2) is 8.17. The highest BCUT2D eigenvalue weighted by Crippen LogP contribution is 2.31. The van der Waals surface area contributed by atoms with Crippen molar-refractivity contribution >= 4 is 21.6 Å². The summed E-state index contributed by atoms with van der Waals surface area (Å²) in [4.78, 5) is 14.8. The van der Waals surface area contributed by atoms with Crippen LogP contribution in [0.2, 0.25) is 0 Å². The van der Waals surface area contributed by atoms with Crippen molar-refractivity contribution in [3.05, 3.63) is 22.2 Å². The summed E-state index contributed by atoms with van der Waals surface area (Å²) in [6, 6.07) is 2.91. The minimum absolute atomic E-state index is 0.0164. The van der Waals surface area contributed by atoms with Crippen molar-refractivity contribution in [2.24, 2.45) is 0 Å². The molecule has 1 aromatic rings. The van der Waals surface area contributed by atoms with Gasteiger partial charge in [0.15, 0.2) is 0 Å². The fourth-order valence-corrected chi connectivity index (χ4v) is 2.52. The van der Waals surface area contributed by atoms with Gasteiger partial charge in [0, 0.05) is 17.5 Å². The van der Waals surface area contributed by atoms with Crippen LogP contribution in [-0.2, 0) is 0 Å². The standard InChI is InChI=1S/C14H19BrN2O4/c15-9-4-10-20-13-8-7-12(17(18)19)14(16-13)21-11-5-2-1-3-6-11/h7-8,11H,1-6,9-10H2. The van der Waals surface area contributed by atoms with Crippen LogP contribution in [0.5, 0.6) is 11.8 Å². The molecule has 21 heavy (non-hydrogen) atoms. The van der Waals surface area contributed by atoms with Crippen molar-refractivity contribution in [3.63, 3.8) is 0 Å². The van der Waals surface area contributed by atoms with Crippen LogP contribution in [0, 0.1) is 10.1 Å². The average Bonchev–Trinajstić information content (AvgIpc) is 2.48. The lowest BCUT2D eigenvalue weighted by molar-refractivity contribution is -0.386. The number of nitrogens with zero attached hydrogens (tertiary/aromatic N) is 2. The first-order valence-corrected chi connectivity index (χ1v) is 8.33. The zero-order chi connectivity index (χ0) is 15.1. The van der Waals surface area contributed by atoms with E-state index in [9.17, 15) is 10.1 Å². The lowest BCUT2D eigenvalue weighted by atomic mass is 9.98. The Morgan fingerprint density at radius 2 is 2.10 bits per heavy atom. The van der Waals surface area contributed by atoms with Crippen molar-refractivity contribution in [2.75, 3.05) is 11.9 Å². The summed E-state index contributed by atoms with van der Waals surface area (Å²) in [5, 5.41) is 11.9. The predicted octanol–water partition coefficient (Wildman–Crippen LogP) is 3.87. The van der Waals surface area contributed by atoms with Gasteiger partial charge < -0.3 is 9.47 Å². The topological polar surface area (TPSA) is 74.5 Å². The largest absolute Gasteiger partial charge is 0.478 e. The molecule has 0 saturated heterocycles. The van der Waals surface area contributed by atoms with Crippen molar-refractivity contribution in [2.45, 2.75) is 44.6 Å². The van der Waals surface area contributed by atoms with E-state index in [0.717, 1.165) is 37.4 Å². The van der Waals surface area contributed by atoms with E-state index < -0.39 is 4.92 Å². The number of hydrogen-bond acceptors (Lipinski definition) is 5. The molecule has 2 rings (SSSR count). The Hall–Kier alpha value is -1.37. The molecule has 6 nitrogen and oxygen atoms in total. The summed E-state index contributed by atoms with van der Waals surface area (Å²) in [6.45, 7) is 0.513. The summed E-state index contributed by atoms with van der Waals surface area (Å²) >= 11 is 3.32. The Kier molecular flexibility index (Phi) is 6.22. The molecule has 1 aromatic heterocycles. The van der Waals surface area contributed by atoms with Gasteiger partial charge in [-0.3, -0.25) is 10.1 Å². The van der Waals surface area contributed by atoms with Crippen LogP contribution in [0.3, 0.4) is 0 Å². The first-order chi connectivity index (χ1) is 10.2. The van der Waals surface area contributed by atoms with Crippen LogP contribution in [0.1, 0.15) is 38.5 Å². The molecular weight excluding hydrogens is 340 g/mol. The van der Waals surface area contributed by atoms with Gasteiger partial charge in [0.1, 0.15) is 6.10 Å². The highest BCUT2D eigenvalue weighted by Gasteiger charge is 2.23. The molecule has 1 aliphatic rings. The van der Waals surface area contributed by atoms with Gasteiger partial charge in [-0.05, 0) is 32.1 Å². The lowest BCUT2D eigenvalue weighted by Gasteiger charge is -2.22. The quantitative estimate of drug-likeness (QED) is 0.320. The van der Waals surface area contributed by atoms with Gasteiger partial charge in [0.2, 0.25) is 5.88 Å². The molecule has 1 heterocycles. The zero-order valence-electron chi connectivity index (χ0n) is 11.8. The molecule has 0 unspecified atom stereocenters. The van der Waals surface area contributed by atoms with Crippen molar-refractivity contribution in [1.82, 2.24) is 4.98 Å². The van der Waals surface area contributed by atoms with E-state index in [1.807, 2.05) is 0 Å². The van der Waals surface area contributed by atoms with Crippen molar-refractivity contribution in [3.8, 4) is 11.8 Å². The van der Waals surface area contributed by atoms with E-state index in [2.05, 4.69) is 20.9 Å². The first-order valence-electron chi connectivity index (χ1n) is 7.21. The summed E-state index contributed by atoms with van der Waals surface area (Å²) < 4.78 is 11.2. The van der Waals surface area contributed by atoms with Crippen LogP contribution in [0.25, 0.3) is 0 Å². The number of ether oxygens (including phenoxy) is 2. The van der Waals surface area contributed by atoms with Crippen LogP contribution in [0.15, 0.2) is 12.1 Å². The second-order valence-electron chi connectivity index (χ2n) is 5.00. The van der Waals surface area contributed by atoms with E-state index in [-0.39, 0.29) is 17.7 Å². The van der Waals surface area contributed by atoms with Gasteiger partial charge in [0.25, 0.3) is 5.88 Å². The molecule has 0 radical (unpaired) electrons. The molecule has 0 atom stereocenters. The SMILES string of the molecule is O=[N+]([O-])c1ccc(OCCCBr)nc1OC1CCCCC1. The third-order valence-corrected chi connectivity index (χ3v) is 3.93. The Morgan fingerprint density at radius 1 is 1.33 bits per heavy atom. The number of aromatic nitrogens is 1. The fourth-order valence-electron chi connectivity index (χ4n) is 2.29. The Bertz CT molecular complexity index is 478. The van der Waals surface area contributed by atoms with Gasteiger partial charge in [-0.2, -0.15) is 4.98 Å². The van der Waals surface area contributed by atoms with Gasteiger partial charge >= 0.3 is 5.69 Å². The Labute approximate surface area is 132 Å². The monoisotopic (exact) mass is 358 g/mol. The van der Waals surface area contributed by atoms with E-state index in [1.165, 1.54) is 18.6 Å². The summed E-state index contributed by atoms with van der Waals surface area (Å²) in [7, 11) is 0. The molecule has 0 aliphatic heterocycles. The normalized spacial score (nSPS) is 15.7.